The van der Waals surface area contributed by atoms with E-state index in [-0.39, 0.29) is 4.90 Å². The molecule has 0 unspecified atom stereocenters. The molecule has 0 saturated heterocycles. The van der Waals surface area contributed by atoms with Gasteiger partial charge in [0.2, 0.25) is 10.0 Å². The highest BCUT2D eigenvalue weighted by atomic mass is 79.9. The number of halogens is 1. The van der Waals surface area contributed by atoms with Gasteiger partial charge >= 0.3 is 0 Å². The van der Waals surface area contributed by atoms with Crippen LogP contribution in [0.15, 0.2) is 55.6 Å². The molecule has 0 aliphatic carbocycles. The van der Waals surface area contributed by atoms with Gasteiger partial charge in [-0.1, -0.05) is 27.7 Å². The van der Waals surface area contributed by atoms with E-state index in [1.165, 1.54) is 17.8 Å². The molecule has 0 spiro atoms. The molecule has 2 aromatic carbocycles. The van der Waals surface area contributed by atoms with Crippen molar-refractivity contribution in [2.75, 3.05) is 5.73 Å². The molecule has 20 heavy (non-hydrogen) atoms. The summed E-state index contributed by atoms with van der Waals surface area (Å²) in [4.78, 5) is 1.83. The second-order valence-corrected chi connectivity index (χ2v) is 7.80. The quantitative estimate of drug-likeness (QED) is 0.810. The Morgan fingerprint density at radius 3 is 2.30 bits per heavy atom. The lowest BCUT2D eigenvalue weighted by molar-refractivity contribution is 0.597. The largest absolute Gasteiger partial charge is 0.399 e. The standard InChI is InChI=1S/C13H13BrN2O2S2/c1-8-12(19-11-4-2-9(14)3-5-11)6-10(15)7-13(8)20(16,17)18/h2-7H,15H2,1H3,(H2,16,17,18). The summed E-state index contributed by atoms with van der Waals surface area (Å²) in [6, 6.07) is 10.9. The molecule has 0 aromatic heterocycles. The maximum Gasteiger partial charge on any atom is 0.238 e. The van der Waals surface area contributed by atoms with Crippen LogP contribution in [-0.4, -0.2) is 8.42 Å². The lowest BCUT2D eigenvalue weighted by Gasteiger charge is -2.11. The third kappa shape index (κ3) is 3.54. The van der Waals surface area contributed by atoms with Crippen LogP contribution in [0.25, 0.3) is 0 Å². The monoisotopic (exact) mass is 372 g/mol. The number of sulfonamides is 1. The Morgan fingerprint density at radius 2 is 1.75 bits per heavy atom. The van der Waals surface area contributed by atoms with Crippen LogP contribution in [0.1, 0.15) is 5.56 Å². The summed E-state index contributed by atoms with van der Waals surface area (Å²) < 4.78 is 24.1. The van der Waals surface area contributed by atoms with Crippen molar-refractivity contribution in [3.63, 3.8) is 0 Å². The van der Waals surface area contributed by atoms with E-state index in [1.807, 2.05) is 24.3 Å². The topological polar surface area (TPSA) is 86.2 Å². The fourth-order valence-corrected chi connectivity index (χ4v) is 3.86. The molecule has 4 nitrogen and oxygen atoms in total. The maximum atomic E-state index is 11.6. The summed E-state index contributed by atoms with van der Waals surface area (Å²) >= 11 is 4.82. The van der Waals surface area contributed by atoms with Gasteiger partial charge in [0.1, 0.15) is 0 Å². The van der Waals surface area contributed by atoms with Crippen molar-refractivity contribution in [1.82, 2.24) is 0 Å². The zero-order valence-corrected chi connectivity index (χ0v) is 13.8. The van der Waals surface area contributed by atoms with Gasteiger partial charge in [-0.2, -0.15) is 0 Å². The van der Waals surface area contributed by atoms with Gasteiger partial charge in [0, 0.05) is 20.0 Å². The van der Waals surface area contributed by atoms with Gasteiger partial charge in [0.15, 0.2) is 0 Å². The van der Waals surface area contributed by atoms with Gasteiger partial charge in [-0.3, -0.25) is 0 Å². The summed E-state index contributed by atoms with van der Waals surface area (Å²) in [5.41, 5.74) is 6.74. The first-order valence-corrected chi connectivity index (χ1v) is 8.79. The molecule has 0 atom stereocenters. The van der Waals surface area contributed by atoms with Crippen molar-refractivity contribution >= 4 is 43.4 Å². The third-order valence-electron chi connectivity index (χ3n) is 2.68. The molecule has 2 aromatic rings. The van der Waals surface area contributed by atoms with E-state index in [0.29, 0.717) is 11.3 Å². The Kier molecular flexibility index (Phi) is 4.43. The number of nitrogen functional groups attached to an aromatic ring is 1. The summed E-state index contributed by atoms with van der Waals surface area (Å²) in [5.74, 6) is 0. The van der Waals surface area contributed by atoms with Crippen LogP contribution < -0.4 is 10.9 Å². The van der Waals surface area contributed by atoms with Gasteiger partial charge in [-0.25, -0.2) is 13.6 Å². The van der Waals surface area contributed by atoms with Crippen molar-refractivity contribution in [2.45, 2.75) is 21.6 Å². The molecule has 4 N–H and O–H groups in total. The van der Waals surface area contributed by atoms with Crippen LogP contribution in [0.5, 0.6) is 0 Å². The molecule has 0 heterocycles. The molecule has 0 aliphatic rings. The number of rotatable bonds is 3. The summed E-state index contributed by atoms with van der Waals surface area (Å²) in [7, 11) is -3.78. The normalized spacial score (nSPS) is 11.6. The van der Waals surface area contributed by atoms with Crippen molar-refractivity contribution in [1.29, 1.82) is 0 Å². The number of hydrogen-bond donors (Lipinski definition) is 2. The van der Waals surface area contributed by atoms with Crippen molar-refractivity contribution < 1.29 is 8.42 Å². The molecule has 0 bridgehead atoms. The van der Waals surface area contributed by atoms with Crippen LogP contribution in [0.3, 0.4) is 0 Å². The molecule has 0 amide bonds. The molecule has 0 radical (unpaired) electrons. The predicted octanol–water partition coefficient (Wildman–Crippen LogP) is 3.14. The first-order valence-electron chi connectivity index (χ1n) is 5.64. The van der Waals surface area contributed by atoms with E-state index in [1.54, 1.807) is 13.0 Å². The molecule has 106 valence electrons. The number of hydrogen-bond acceptors (Lipinski definition) is 4. The molecule has 7 heteroatoms. The first kappa shape index (κ1) is 15.4. The van der Waals surface area contributed by atoms with Gasteiger partial charge in [0.05, 0.1) is 4.90 Å². The van der Waals surface area contributed by atoms with Crippen LogP contribution in [0, 0.1) is 6.92 Å². The average Bonchev–Trinajstić information content (AvgIpc) is 2.35. The average molecular weight is 373 g/mol. The van der Waals surface area contributed by atoms with Gasteiger partial charge < -0.3 is 5.73 Å². The molecular formula is C13H13BrN2O2S2. The Morgan fingerprint density at radius 1 is 1.15 bits per heavy atom. The van der Waals surface area contributed by atoms with E-state index < -0.39 is 10.0 Å². The molecular weight excluding hydrogens is 360 g/mol. The number of nitrogens with two attached hydrogens (primary N) is 2. The van der Waals surface area contributed by atoms with Gasteiger partial charge in [-0.15, -0.1) is 0 Å². The van der Waals surface area contributed by atoms with Crippen molar-refractivity contribution in [2.24, 2.45) is 5.14 Å². The van der Waals surface area contributed by atoms with Crippen molar-refractivity contribution in [3.05, 3.63) is 46.4 Å². The zero-order chi connectivity index (χ0) is 14.9. The second kappa shape index (κ2) is 5.77. The van der Waals surface area contributed by atoms with Crippen LogP contribution in [0.2, 0.25) is 0 Å². The van der Waals surface area contributed by atoms with E-state index in [9.17, 15) is 8.42 Å². The highest BCUT2D eigenvalue weighted by Crippen LogP contribution is 2.35. The van der Waals surface area contributed by atoms with E-state index in [2.05, 4.69) is 15.9 Å². The number of anilines is 1. The Bertz CT molecular complexity index is 744. The maximum absolute atomic E-state index is 11.6. The van der Waals surface area contributed by atoms with E-state index in [4.69, 9.17) is 10.9 Å². The van der Waals surface area contributed by atoms with E-state index in [0.717, 1.165) is 14.3 Å². The smallest absolute Gasteiger partial charge is 0.238 e. The molecule has 0 saturated carbocycles. The van der Waals surface area contributed by atoms with Gasteiger partial charge in [-0.05, 0) is 48.9 Å². The summed E-state index contributed by atoms with van der Waals surface area (Å²) in [6.45, 7) is 1.72. The minimum Gasteiger partial charge on any atom is -0.399 e. The lowest BCUT2D eigenvalue weighted by atomic mass is 10.2. The third-order valence-corrected chi connectivity index (χ3v) is 5.40. The highest BCUT2D eigenvalue weighted by molar-refractivity contribution is 9.10. The van der Waals surface area contributed by atoms with E-state index >= 15 is 0 Å². The summed E-state index contributed by atoms with van der Waals surface area (Å²) in [5, 5.41) is 5.21. The number of benzene rings is 2. The minimum atomic E-state index is -3.78. The molecule has 0 aliphatic heterocycles. The van der Waals surface area contributed by atoms with Crippen molar-refractivity contribution in [3.8, 4) is 0 Å². The summed E-state index contributed by atoms with van der Waals surface area (Å²) in [6.07, 6.45) is 0. The number of primary sulfonamides is 1. The Labute approximate surface area is 130 Å². The SMILES string of the molecule is Cc1c(Sc2ccc(Br)cc2)cc(N)cc1S(N)(=O)=O. The molecule has 2 rings (SSSR count). The lowest BCUT2D eigenvalue weighted by Crippen LogP contribution is -2.14. The highest BCUT2D eigenvalue weighted by Gasteiger charge is 2.16. The Hall–Kier alpha value is -1.02. The zero-order valence-electron chi connectivity index (χ0n) is 10.6. The van der Waals surface area contributed by atoms with Crippen LogP contribution in [0.4, 0.5) is 5.69 Å². The van der Waals surface area contributed by atoms with Crippen LogP contribution in [-0.2, 0) is 10.0 Å². The minimum absolute atomic E-state index is 0.0668. The Balaban J connectivity index is 2.47. The fourth-order valence-electron chi connectivity index (χ4n) is 1.71. The van der Waals surface area contributed by atoms with Crippen LogP contribution >= 0.6 is 27.7 Å². The van der Waals surface area contributed by atoms with Gasteiger partial charge in [0.25, 0.3) is 0 Å². The fraction of sp³-hybridized carbons (Fsp3) is 0.0769. The first-order chi connectivity index (χ1) is 9.27. The second-order valence-electron chi connectivity index (χ2n) is 4.24. The predicted molar refractivity (Wildman–Crippen MR) is 85.2 cm³/mol. The molecule has 0 fully saturated rings.